The van der Waals surface area contributed by atoms with E-state index >= 15 is 0 Å². The van der Waals surface area contributed by atoms with Crippen LogP contribution in [0.25, 0.3) is 0 Å². The number of allylic oxidation sites excluding steroid dienone is 1. The van der Waals surface area contributed by atoms with E-state index in [1.54, 1.807) is 23.5 Å². The van der Waals surface area contributed by atoms with Gasteiger partial charge < -0.3 is 5.32 Å². The van der Waals surface area contributed by atoms with Gasteiger partial charge in [-0.05, 0) is 42.6 Å². The molecule has 1 heterocycles. The molecule has 1 N–H and O–H groups in total. The first-order valence-corrected chi connectivity index (χ1v) is 9.50. The van der Waals surface area contributed by atoms with Gasteiger partial charge in [0.25, 0.3) is 0 Å². The van der Waals surface area contributed by atoms with Crippen LogP contribution in [-0.2, 0) is 4.79 Å². The lowest BCUT2D eigenvalue weighted by molar-refractivity contribution is -0.129. The zero-order chi connectivity index (χ0) is 16.2. The molecule has 1 fully saturated rings. The summed E-state index contributed by atoms with van der Waals surface area (Å²) in [6.45, 7) is 14.0. The molecule has 0 radical (unpaired) electrons. The standard InChI is InChI=1S/C15H23BrN2OS2/c1-7-12(21-11(5)16)10(4)17-14-18-13(19)15(6,8-20-14)9(2)3/h7,9-10H,5,8H2,1-4,6H3,(H,17,18,19)/b12-7-/t10-,15-/m0/s1. The van der Waals surface area contributed by atoms with Gasteiger partial charge in [-0.3, -0.25) is 9.79 Å². The van der Waals surface area contributed by atoms with Crippen molar-refractivity contribution in [3.63, 3.8) is 0 Å². The summed E-state index contributed by atoms with van der Waals surface area (Å²) in [5.74, 6) is 1.15. The number of rotatable bonds is 5. The highest BCUT2D eigenvalue weighted by Gasteiger charge is 2.40. The number of carbonyl (C=O) groups excluding carboxylic acids is 1. The highest BCUT2D eigenvalue weighted by atomic mass is 79.9. The van der Waals surface area contributed by atoms with E-state index in [0.717, 1.165) is 14.5 Å². The van der Waals surface area contributed by atoms with Crippen molar-refractivity contribution >= 4 is 50.5 Å². The average Bonchev–Trinajstić information content (AvgIpc) is 2.39. The summed E-state index contributed by atoms with van der Waals surface area (Å²) >= 11 is 6.53. The summed E-state index contributed by atoms with van der Waals surface area (Å²) in [7, 11) is 0. The van der Waals surface area contributed by atoms with Crippen LogP contribution in [0.4, 0.5) is 0 Å². The normalized spacial score (nSPS) is 26.9. The number of aliphatic imine (C=N–C) groups is 1. The van der Waals surface area contributed by atoms with Gasteiger partial charge in [-0.1, -0.05) is 50.0 Å². The van der Waals surface area contributed by atoms with Crippen LogP contribution in [0.5, 0.6) is 0 Å². The van der Waals surface area contributed by atoms with Crippen molar-refractivity contribution in [2.24, 2.45) is 16.3 Å². The van der Waals surface area contributed by atoms with Gasteiger partial charge >= 0.3 is 0 Å². The molecule has 0 bridgehead atoms. The molecule has 1 amide bonds. The van der Waals surface area contributed by atoms with Gasteiger partial charge in [0.15, 0.2) is 5.17 Å². The fraction of sp³-hybridized carbons (Fsp3) is 0.600. The molecule has 0 aromatic rings. The quantitative estimate of drug-likeness (QED) is 0.735. The van der Waals surface area contributed by atoms with E-state index in [1.165, 1.54) is 0 Å². The Hall–Kier alpha value is -0.200. The van der Waals surface area contributed by atoms with E-state index in [1.807, 2.05) is 26.8 Å². The van der Waals surface area contributed by atoms with Crippen LogP contribution in [0.15, 0.2) is 26.4 Å². The van der Waals surface area contributed by atoms with Crippen molar-refractivity contribution in [1.82, 2.24) is 5.32 Å². The zero-order valence-electron chi connectivity index (χ0n) is 13.2. The first-order chi connectivity index (χ1) is 9.70. The number of nitrogens with one attached hydrogen (secondary N) is 1. The van der Waals surface area contributed by atoms with Crippen molar-refractivity contribution in [3.8, 4) is 0 Å². The molecule has 3 nitrogen and oxygen atoms in total. The van der Waals surface area contributed by atoms with Crippen molar-refractivity contribution in [1.29, 1.82) is 0 Å². The highest BCUT2D eigenvalue weighted by molar-refractivity contribution is 9.14. The lowest BCUT2D eigenvalue weighted by atomic mass is 9.80. The molecule has 2 atom stereocenters. The van der Waals surface area contributed by atoms with E-state index in [-0.39, 0.29) is 17.4 Å². The fourth-order valence-electron chi connectivity index (χ4n) is 1.81. The largest absolute Gasteiger partial charge is 0.305 e. The summed E-state index contributed by atoms with van der Waals surface area (Å²) in [4.78, 5) is 18.1. The maximum atomic E-state index is 12.3. The van der Waals surface area contributed by atoms with E-state index < -0.39 is 0 Å². The molecule has 6 heteroatoms. The van der Waals surface area contributed by atoms with Gasteiger partial charge in [0.05, 0.1) is 11.5 Å². The number of amidine groups is 1. The Labute approximate surface area is 144 Å². The second-order valence-electron chi connectivity index (χ2n) is 5.57. The third-order valence-electron chi connectivity index (χ3n) is 3.76. The van der Waals surface area contributed by atoms with E-state index in [0.29, 0.717) is 11.1 Å². The predicted octanol–water partition coefficient (Wildman–Crippen LogP) is 4.76. The van der Waals surface area contributed by atoms with Crippen LogP contribution < -0.4 is 5.32 Å². The summed E-state index contributed by atoms with van der Waals surface area (Å²) in [5, 5.41) is 3.67. The van der Waals surface area contributed by atoms with Crippen molar-refractivity contribution in [2.45, 2.75) is 40.7 Å². The van der Waals surface area contributed by atoms with Crippen LogP contribution in [0.2, 0.25) is 0 Å². The van der Waals surface area contributed by atoms with E-state index in [2.05, 4.69) is 46.7 Å². The summed E-state index contributed by atoms with van der Waals surface area (Å²) < 4.78 is 0.857. The van der Waals surface area contributed by atoms with Crippen LogP contribution in [0, 0.1) is 11.3 Å². The minimum Gasteiger partial charge on any atom is -0.305 e. The molecule has 0 aromatic carbocycles. The molecule has 0 unspecified atom stereocenters. The van der Waals surface area contributed by atoms with Crippen molar-refractivity contribution in [3.05, 3.63) is 21.4 Å². The Morgan fingerprint density at radius 2 is 2.19 bits per heavy atom. The minimum absolute atomic E-state index is 0.000469. The summed E-state index contributed by atoms with van der Waals surface area (Å²) in [6, 6.07) is 0.000469. The van der Waals surface area contributed by atoms with E-state index in [9.17, 15) is 4.79 Å². The van der Waals surface area contributed by atoms with E-state index in [4.69, 9.17) is 0 Å². The van der Waals surface area contributed by atoms with Crippen LogP contribution in [0.1, 0.15) is 34.6 Å². The molecule has 1 rings (SSSR count). The molecule has 1 aliphatic rings. The Kier molecular flexibility index (Phi) is 7.07. The molecule has 118 valence electrons. The predicted molar refractivity (Wildman–Crippen MR) is 99.9 cm³/mol. The molecule has 1 saturated heterocycles. The second kappa shape index (κ2) is 7.88. The molecule has 1 aliphatic heterocycles. The molecule has 0 saturated carbocycles. The fourth-order valence-corrected chi connectivity index (χ4v) is 4.27. The van der Waals surface area contributed by atoms with Gasteiger partial charge in [0.2, 0.25) is 5.91 Å². The van der Waals surface area contributed by atoms with Gasteiger partial charge in [0.1, 0.15) is 0 Å². The Balaban J connectivity index is 2.80. The smallest absolute Gasteiger partial charge is 0.232 e. The third kappa shape index (κ3) is 4.89. The number of hydrogen-bond donors (Lipinski definition) is 1. The van der Waals surface area contributed by atoms with Gasteiger partial charge in [-0.25, -0.2) is 0 Å². The number of halogens is 1. The maximum absolute atomic E-state index is 12.3. The Morgan fingerprint density at radius 3 is 2.62 bits per heavy atom. The molecule has 0 aromatic heterocycles. The van der Waals surface area contributed by atoms with Gasteiger partial charge in [-0.15, -0.1) is 0 Å². The lowest BCUT2D eigenvalue weighted by Crippen LogP contribution is -2.50. The molecule has 0 aliphatic carbocycles. The van der Waals surface area contributed by atoms with Gasteiger partial charge in [0, 0.05) is 14.5 Å². The van der Waals surface area contributed by atoms with Crippen molar-refractivity contribution < 1.29 is 4.79 Å². The molecule has 0 spiro atoms. The number of hydrogen-bond acceptors (Lipinski definition) is 4. The van der Waals surface area contributed by atoms with Crippen LogP contribution >= 0.6 is 39.5 Å². The van der Waals surface area contributed by atoms with Crippen LogP contribution in [0.3, 0.4) is 0 Å². The topological polar surface area (TPSA) is 41.5 Å². The highest BCUT2D eigenvalue weighted by Crippen LogP contribution is 2.36. The minimum atomic E-state index is -0.324. The van der Waals surface area contributed by atoms with Crippen LogP contribution in [-0.4, -0.2) is 22.9 Å². The number of thioether (sulfide) groups is 2. The third-order valence-corrected chi connectivity index (χ3v) is 6.50. The van der Waals surface area contributed by atoms with Crippen molar-refractivity contribution in [2.75, 3.05) is 5.75 Å². The molecular weight excluding hydrogens is 368 g/mol. The molecule has 21 heavy (non-hydrogen) atoms. The zero-order valence-corrected chi connectivity index (χ0v) is 16.4. The summed E-state index contributed by atoms with van der Waals surface area (Å²) in [6.07, 6.45) is 2.03. The second-order valence-corrected chi connectivity index (χ2v) is 9.19. The molecular formula is C15H23BrN2OS2. The summed E-state index contributed by atoms with van der Waals surface area (Å²) in [5.41, 5.74) is -0.324. The average molecular weight is 391 g/mol. The number of nitrogens with zero attached hydrogens (tertiary/aromatic N) is 1. The number of carbonyl (C=O) groups is 1. The Bertz CT molecular complexity index is 488. The SMILES string of the molecule is C=C(Br)S/C(=C\C)[C@H](C)N=C1NC(=O)[C@](C)(C(C)C)CS1. The number of amides is 1. The lowest BCUT2D eigenvalue weighted by Gasteiger charge is -2.36. The Morgan fingerprint density at radius 1 is 1.57 bits per heavy atom. The maximum Gasteiger partial charge on any atom is 0.232 e. The first-order valence-electron chi connectivity index (χ1n) is 6.91. The van der Waals surface area contributed by atoms with Gasteiger partial charge in [-0.2, -0.15) is 0 Å². The first kappa shape index (κ1) is 18.8. The monoisotopic (exact) mass is 390 g/mol.